The summed E-state index contributed by atoms with van der Waals surface area (Å²) in [4.78, 5) is 36.1. The molecular weight excluding hydrogens is 274 g/mol. The summed E-state index contributed by atoms with van der Waals surface area (Å²) in [5.41, 5.74) is 5.02. The molecule has 0 radical (unpaired) electrons. The fourth-order valence-corrected chi connectivity index (χ4v) is 3.51. The first-order chi connectivity index (χ1) is 9.99. The second-order valence-corrected chi connectivity index (χ2v) is 5.96. The van der Waals surface area contributed by atoms with Crippen LogP contribution in [0.1, 0.15) is 44.9 Å². The number of hydrogen-bond donors (Lipinski definition) is 3. The number of piperidine rings is 1. The SMILES string of the molecule is NC(=O)CC(NC(=O)N1CCC[C@H]2CCCC[C@H]21)C(=O)O. The molecule has 1 aliphatic carbocycles. The van der Waals surface area contributed by atoms with Crippen molar-refractivity contribution in [3.63, 3.8) is 0 Å². The number of primary amides is 1. The first-order valence-corrected chi connectivity index (χ1v) is 7.57. The van der Waals surface area contributed by atoms with Crippen molar-refractivity contribution in [1.29, 1.82) is 0 Å². The molecular formula is C14H23N3O4. The Morgan fingerprint density at radius 3 is 2.52 bits per heavy atom. The average Bonchev–Trinajstić information content (AvgIpc) is 2.45. The molecule has 7 heteroatoms. The summed E-state index contributed by atoms with van der Waals surface area (Å²) < 4.78 is 0. The van der Waals surface area contributed by atoms with Gasteiger partial charge in [-0.2, -0.15) is 0 Å². The summed E-state index contributed by atoms with van der Waals surface area (Å²) in [5.74, 6) is -1.45. The van der Waals surface area contributed by atoms with Crippen LogP contribution in [0, 0.1) is 5.92 Å². The minimum atomic E-state index is -1.25. The number of hydrogen-bond acceptors (Lipinski definition) is 3. The van der Waals surface area contributed by atoms with Crippen molar-refractivity contribution < 1.29 is 19.5 Å². The standard InChI is InChI=1S/C14H23N3O4/c15-12(18)8-10(13(19)20)16-14(21)17-7-3-5-9-4-1-2-6-11(9)17/h9-11H,1-8H2,(H2,15,18)(H,16,21)(H,19,20)/t9-,10?,11-/m1/s1. The van der Waals surface area contributed by atoms with Crippen molar-refractivity contribution in [3.05, 3.63) is 0 Å². The highest BCUT2D eigenvalue weighted by atomic mass is 16.4. The second-order valence-electron chi connectivity index (χ2n) is 5.96. The molecule has 3 amide bonds. The van der Waals surface area contributed by atoms with Gasteiger partial charge < -0.3 is 21.1 Å². The lowest BCUT2D eigenvalue weighted by Crippen LogP contribution is -2.56. The van der Waals surface area contributed by atoms with Crippen LogP contribution in [-0.4, -0.2) is 46.5 Å². The molecule has 0 aromatic rings. The summed E-state index contributed by atoms with van der Waals surface area (Å²) in [7, 11) is 0. The molecule has 2 aliphatic rings. The van der Waals surface area contributed by atoms with Crippen molar-refractivity contribution in [2.24, 2.45) is 11.7 Å². The summed E-state index contributed by atoms with van der Waals surface area (Å²) in [5, 5.41) is 11.5. The smallest absolute Gasteiger partial charge is 0.326 e. The number of rotatable bonds is 4. The molecule has 2 fully saturated rings. The van der Waals surface area contributed by atoms with Crippen LogP contribution in [0.4, 0.5) is 4.79 Å². The van der Waals surface area contributed by atoms with Gasteiger partial charge in [0, 0.05) is 12.6 Å². The normalized spacial score (nSPS) is 26.6. The van der Waals surface area contributed by atoms with Gasteiger partial charge in [0.2, 0.25) is 5.91 Å². The Morgan fingerprint density at radius 2 is 1.86 bits per heavy atom. The van der Waals surface area contributed by atoms with Gasteiger partial charge in [0.25, 0.3) is 0 Å². The lowest BCUT2D eigenvalue weighted by molar-refractivity contribution is -0.141. The summed E-state index contributed by atoms with van der Waals surface area (Å²) in [6.45, 7) is 0.649. The van der Waals surface area contributed by atoms with Crippen LogP contribution in [0.25, 0.3) is 0 Å². The number of nitrogens with one attached hydrogen (secondary N) is 1. The molecule has 1 saturated heterocycles. The van der Waals surface area contributed by atoms with Crippen LogP contribution in [0.3, 0.4) is 0 Å². The topological polar surface area (TPSA) is 113 Å². The van der Waals surface area contributed by atoms with E-state index in [1.165, 1.54) is 6.42 Å². The van der Waals surface area contributed by atoms with E-state index in [2.05, 4.69) is 5.32 Å². The van der Waals surface area contributed by atoms with E-state index < -0.39 is 17.9 Å². The Balaban J connectivity index is 2.00. The fourth-order valence-electron chi connectivity index (χ4n) is 3.51. The van der Waals surface area contributed by atoms with E-state index in [1.54, 1.807) is 4.90 Å². The molecule has 2 rings (SSSR count). The number of nitrogens with two attached hydrogens (primary N) is 1. The fraction of sp³-hybridized carbons (Fsp3) is 0.786. The monoisotopic (exact) mass is 297 g/mol. The molecule has 1 unspecified atom stereocenters. The number of carbonyl (C=O) groups excluding carboxylic acids is 2. The molecule has 1 heterocycles. The summed E-state index contributed by atoms with van der Waals surface area (Å²) >= 11 is 0. The maximum Gasteiger partial charge on any atom is 0.326 e. The molecule has 3 atom stereocenters. The zero-order chi connectivity index (χ0) is 15.4. The molecule has 1 aliphatic heterocycles. The molecule has 0 bridgehead atoms. The number of nitrogens with zero attached hydrogens (tertiary/aromatic N) is 1. The Hall–Kier alpha value is -1.79. The Labute approximate surface area is 123 Å². The third kappa shape index (κ3) is 3.86. The van der Waals surface area contributed by atoms with Gasteiger partial charge >= 0.3 is 12.0 Å². The third-order valence-electron chi connectivity index (χ3n) is 4.51. The highest BCUT2D eigenvalue weighted by Crippen LogP contribution is 2.35. The van der Waals surface area contributed by atoms with E-state index in [9.17, 15) is 14.4 Å². The van der Waals surface area contributed by atoms with E-state index >= 15 is 0 Å². The van der Waals surface area contributed by atoms with Crippen molar-refractivity contribution in [2.45, 2.75) is 57.0 Å². The molecule has 4 N–H and O–H groups in total. The van der Waals surface area contributed by atoms with Crippen LogP contribution in [0.15, 0.2) is 0 Å². The molecule has 1 saturated carbocycles. The van der Waals surface area contributed by atoms with Crippen molar-refractivity contribution in [1.82, 2.24) is 10.2 Å². The minimum Gasteiger partial charge on any atom is -0.480 e. The highest BCUT2D eigenvalue weighted by molar-refractivity contribution is 5.87. The van der Waals surface area contributed by atoms with Gasteiger partial charge in [-0.05, 0) is 31.6 Å². The van der Waals surface area contributed by atoms with Gasteiger partial charge in [0.1, 0.15) is 6.04 Å². The minimum absolute atomic E-state index is 0.204. The van der Waals surface area contributed by atoms with E-state index in [1.807, 2.05) is 0 Å². The van der Waals surface area contributed by atoms with Gasteiger partial charge in [0.15, 0.2) is 0 Å². The number of aliphatic carboxylic acids is 1. The lowest BCUT2D eigenvalue weighted by Gasteiger charge is -2.44. The number of likely N-dealkylation sites (tertiary alicyclic amines) is 1. The van der Waals surface area contributed by atoms with Crippen molar-refractivity contribution in [2.75, 3.05) is 6.54 Å². The Kier molecular flexibility index (Phi) is 5.03. The van der Waals surface area contributed by atoms with Crippen LogP contribution in [0.2, 0.25) is 0 Å². The maximum absolute atomic E-state index is 12.3. The predicted octanol–water partition coefficient (Wildman–Crippen LogP) is 0.679. The zero-order valence-corrected chi connectivity index (χ0v) is 12.1. The van der Waals surface area contributed by atoms with Crippen LogP contribution < -0.4 is 11.1 Å². The number of carboxylic acids is 1. The number of carboxylic acid groups (broad SMARTS) is 1. The van der Waals surface area contributed by atoms with Gasteiger partial charge in [0.05, 0.1) is 6.42 Å². The molecule has 0 spiro atoms. The van der Waals surface area contributed by atoms with Gasteiger partial charge in [-0.1, -0.05) is 12.8 Å². The molecule has 0 aromatic heterocycles. The Morgan fingerprint density at radius 1 is 1.19 bits per heavy atom. The van der Waals surface area contributed by atoms with E-state index in [4.69, 9.17) is 10.8 Å². The maximum atomic E-state index is 12.3. The van der Waals surface area contributed by atoms with Gasteiger partial charge in [-0.15, -0.1) is 0 Å². The van der Waals surface area contributed by atoms with Crippen LogP contribution in [0.5, 0.6) is 0 Å². The predicted molar refractivity (Wildman–Crippen MR) is 75.5 cm³/mol. The number of fused-ring (bicyclic) bond motifs is 1. The molecule has 0 aromatic carbocycles. The van der Waals surface area contributed by atoms with E-state index in [-0.39, 0.29) is 18.5 Å². The summed E-state index contributed by atoms with van der Waals surface area (Å²) in [6.07, 6.45) is 6.12. The zero-order valence-electron chi connectivity index (χ0n) is 12.1. The lowest BCUT2D eigenvalue weighted by atomic mass is 9.78. The quantitative estimate of drug-likeness (QED) is 0.708. The van der Waals surface area contributed by atoms with Crippen LogP contribution >= 0.6 is 0 Å². The van der Waals surface area contributed by atoms with Gasteiger partial charge in [-0.25, -0.2) is 9.59 Å². The first-order valence-electron chi connectivity index (χ1n) is 7.57. The van der Waals surface area contributed by atoms with E-state index in [0.717, 1.165) is 32.1 Å². The third-order valence-corrected chi connectivity index (χ3v) is 4.51. The summed E-state index contributed by atoms with van der Waals surface area (Å²) in [6, 6.07) is -1.44. The largest absolute Gasteiger partial charge is 0.480 e. The van der Waals surface area contributed by atoms with Gasteiger partial charge in [-0.3, -0.25) is 4.79 Å². The van der Waals surface area contributed by atoms with E-state index in [0.29, 0.717) is 12.5 Å². The molecule has 21 heavy (non-hydrogen) atoms. The average molecular weight is 297 g/mol. The number of carbonyl (C=O) groups is 3. The molecule has 118 valence electrons. The van der Waals surface area contributed by atoms with Crippen molar-refractivity contribution in [3.8, 4) is 0 Å². The first kappa shape index (κ1) is 15.6. The van der Waals surface area contributed by atoms with Crippen molar-refractivity contribution >= 4 is 17.9 Å². The second kappa shape index (κ2) is 6.78. The Bertz CT molecular complexity index is 424. The highest BCUT2D eigenvalue weighted by Gasteiger charge is 2.36. The molecule has 7 nitrogen and oxygen atoms in total. The van der Waals surface area contributed by atoms with Crippen LogP contribution in [-0.2, 0) is 9.59 Å². The number of amides is 3. The number of urea groups is 1.